The Bertz CT molecular complexity index is 1290. The number of alkyl halides is 3. The van der Waals surface area contributed by atoms with Gasteiger partial charge in [0.1, 0.15) is 0 Å². The van der Waals surface area contributed by atoms with Gasteiger partial charge in [-0.2, -0.15) is 13.2 Å². The summed E-state index contributed by atoms with van der Waals surface area (Å²) in [6, 6.07) is 9.43. The van der Waals surface area contributed by atoms with Crippen molar-refractivity contribution in [1.82, 2.24) is 14.9 Å². The Hall–Kier alpha value is -3.28. The fourth-order valence-corrected chi connectivity index (χ4v) is 4.28. The zero-order chi connectivity index (χ0) is 27.2. The molecule has 0 amide bonds. The van der Waals surface area contributed by atoms with Crippen LogP contribution < -0.4 is 10.6 Å². The van der Waals surface area contributed by atoms with Crippen LogP contribution in [0.5, 0.6) is 0 Å². The standard InChI is InChI=1S/C24H23ClF3N5S.CH2O2/c1-33(2)9-3-4-14-5-8-18(24(26,27)28)20(10-14)31-23-29-13-15-11-21(34)30-19-12-16(25)6-7-17(19)22(15)32-23;2-1-3/h5-8,10,12-13H,3-4,9,11H2,1-2H3,(H,30,34)(H,29,31,32);1H,(H,2,3). The lowest BCUT2D eigenvalue weighted by Gasteiger charge is -2.17. The Morgan fingerprint density at radius 2 is 1.97 bits per heavy atom. The fraction of sp³-hybridized carbons (Fsp3) is 0.280. The van der Waals surface area contributed by atoms with Crippen molar-refractivity contribution >= 4 is 52.6 Å². The van der Waals surface area contributed by atoms with Gasteiger partial charge in [0.15, 0.2) is 0 Å². The number of rotatable bonds is 6. The Kier molecular flexibility index (Phi) is 9.41. The van der Waals surface area contributed by atoms with E-state index >= 15 is 0 Å². The second kappa shape index (κ2) is 12.3. The summed E-state index contributed by atoms with van der Waals surface area (Å²) in [7, 11) is 3.92. The molecule has 3 N–H and O–H groups in total. The van der Waals surface area contributed by atoms with Crippen LogP contribution in [-0.2, 0) is 23.8 Å². The number of halogens is 4. The van der Waals surface area contributed by atoms with Crippen LogP contribution in [-0.4, -0.2) is 52.1 Å². The SMILES string of the molecule is CN(C)CCCc1ccc(C(F)(F)F)c(Nc2ncc3c(n2)-c2ccc(Cl)cc2NC(=S)C3)c1.O=CO. The van der Waals surface area contributed by atoms with Crippen molar-refractivity contribution in [3.8, 4) is 11.3 Å². The Labute approximate surface area is 222 Å². The number of anilines is 3. The van der Waals surface area contributed by atoms with Gasteiger partial charge in [0.2, 0.25) is 5.95 Å². The van der Waals surface area contributed by atoms with Crippen molar-refractivity contribution < 1.29 is 23.1 Å². The van der Waals surface area contributed by atoms with Gasteiger partial charge in [-0.15, -0.1) is 0 Å². The second-order valence-electron chi connectivity index (χ2n) is 8.50. The third-order valence-corrected chi connectivity index (χ3v) is 5.91. The molecule has 0 radical (unpaired) electrons. The van der Waals surface area contributed by atoms with E-state index in [2.05, 4.69) is 20.6 Å². The van der Waals surface area contributed by atoms with E-state index in [1.807, 2.05) is 19.0 Å². The van der Waals surface area contributed by atoms with Gasteiger partial charge in [-0.25, -0.2) is 9.97 Å². The minimum atomic E-state index is -4.52. The molecular weight excluding hydrogens is 527 g/mol. The number of nitrogens with zero attached hydrogens (tertiary/aromatic N) is 3. The van der Waals surface area contributed by atoms with Crippen molar-refractivity contribution in [1.29, 1.82) is 0 Å². The highest BCUT2D eigenvalue weighted by Gasteiger charge is 2.34. The number of carboxylic acid groups (broad SMARTS) is 1. The van der Waals surface area contributed by atoms with Crippen LogP contribution in [0, 0.1) is 0 Å². The predicted molar refractivity (Wildman–Crippen MR) is 143 cm³/mol. The molecule has 3 aromatic rings. The van der Waals surface area contributed by atoms with Crippen molar-refractivity contribution in [2.45, 2.75) is 25.4 Å². The molecule has 0 atom stereocenters. The first kappa shape index (κ1) is 28.3. The summed E-state index contributed by atoms with van der Waals surface area (Å²) in [5.41, 5.74) is 2.77. The van der Waals surface area contributed by atoms with Crippen molar-refractivity contribution in [2.75, 3.05) is 31.3 Å². The lowest BCUT2D eigenvalue weighted by molar-refractivity contribution is -0.137. The molecule has 0 saturated carbocycles. The number of benzene rings is 2. The van der Waals surface area contributed by atoms with Crippen LogP contribution in [0.1, 0.15) is 23.1 Å². The molecule has 0 fully saturated rings. The summed E-state index contributed by atoms with van der Waals surface area (Å²) in [5.74, 6) is 0.0726. The molecule has 7 nitrogen and oxygen atoms in total. The predicted octanol–water partition coefficient (Wildman–Crippen LogP) is 6.05. The number of hydrogen-bond donors (Lipinski definition) is 3. The van der Waals surface area contributed by atoms with Crippen LogP contribution in [0.4, 0.5) is 30.5 Å². The van der Waals surface area contributed by atoms with Gasteiger partial charge in [0.25, 0.3) is 6.47 Å². The van der Waals surface area contributed by atoms with E-state index in [0.717, 1.165) is 35.7 Å². The summed E-state index contributed by atoms with van der Waals surface area (Å²) in [4.78, 5) is 19.8. The molecule has 12 heteroatoms. The first-order valence-corrected chi connectivity index (χ1v) is 12.0. The van der Waals surface area contributed by atoms with E-state index in [1.54, 1.807) is 24.4 Å². The quantitative estimate of drug-likeness (QED) is 0.252. The van der Waals surface area contributed by atoms with Crippen molar-refractivity contribution in [3.05, 3.63) is 64.3 Å². The van der Waals surface area contributed by atoms with Crippen molar-refractivity contribution in [3.63, 3.8) is 0 Å². The van der Waals surface area contributed by atoms with Gasteiger partial charge in [0.05, 0.1) is 21.9 Å². The Morgan fingerprint density at radius 1 is 1.24 bits per heavy atom. The van der Waals surface area contributed by atoms with Crippen LogP contribution >= 0.6 is 23.8 Å². The van der Waals surface area contributed by atoms with Gasteiger partial charge < -0.3 is 20.6 Å². The molecule has 1 aliphatic rings. The van der Waals surface area contributed by atoms with E-state index in [1.165, 1.54) is 12.1 Å². The maximum Gasteiger partial charge on any atom is 0.418 e. The van der Waals surface area contributed by atoms with E-state index in [0.29, 0.717) is 34.2 Å². The number of thiocarbonyl (C=S) groups is 1. The first-order chi connectivity index (χ1) is 17.5. The van der Waals surface area contributed by atoms with Crippen LogP contribution in [0.25, 0.3) is 11.3 Å². The molecule has 0 unspecified atom stereocenters. The van der Waals surface area contributed by atoms with E-state index in [4.69, 9.17) is 33.7 Å². The molecule has 1 aliphatic heterocycles. The number of fused-ring (bicyclic) bond motifs is 3. The second-order valence-corrected chi connectivity index (χ2v) is 9.43. The number of carbonyl (C=O) groups is 1. The molecule has 2 aromatic carbocycles. The van der Waals surface area contributed by atoms with Gasteiger partial charge in [-0.1, -0.05) is 29.9 Å². The molecule has 1 aromatic heterocycles. The lowest BCUT2D eigenvalue weighted by Crippen LogP contribution is -2.14. The molecule has 4 rings (SSSR count). The number of aromatic nitrogens is 2. The summed E-state index contributed by atoms with van der Waals surface area (Å²) >= 11 is 11.5. The molecule has 0 spiro atoms. The molecule has 0 aliphatic carbocycles. The maximum atomic E-state index is 13.7. The van der Waals surface area contributed by atoms with E-state index in [-0.39, 0.29) is 18.1 Å². The summed E-state index contributed by atoms with van der Waals surface area (Å²) in [6.45, 7) is 0.594. The topological polar surface area (TPSA) is 90.4 Å². The minimum Gasteiger partial charge on any atom is -0.483 e. The van der Waals surface area contributed by atoms with Gasteiger partial charge in [-0.05, 0) is 69.4 Å². The zero-order valence-electron chi connectivity index (χ0n) is 20.1. The highest BCUT2D eigenvalue weighted by atomic mass is 35.5. The molecule has 196 valence electrons. The largest absolute Gasteiger partial charge is 0.483 e. The highest BCUT2D eigenvalue weighted by molar-refractivity contribution is 7.80. The van der Waals surface area contributed by atoms with E-state index in [9.17, 15) is 13.2 Å². The Balaban J connectivity index is 0.00000121. The smallest absolute Gasteiger partial charge is 0.418 e. The number of nitrogens with one attached hydrogen (secondary N) is 2. The average Bonchev–Trinajstić information content (AvgIpc) is 2.93. The Morgan fingerprint density at radius 3 is 2.65 bits per heavy atom. The molecule has 0 saturated heterocycles. The van der Waals surface area contributed by atoms with Gasteiger partial charge in [0, 0.05) is 34.5 Å². The number of aryl methyl sites for hydroxylation is 1. The molecule has 2 heterocycles. The molecular formula is C25H25ClF3N5O2S. The number of hydrogen-bond acceptors (Lipinski definition) is 6. The normalized spacial score (nSPS) is 12.5. The zero-order valence-corrected chi connectivity index (χ0v) is 21.6. The van der Waals surface area contributed by atoms with Crippen LogP contribution in [0.2, 0.25) is 5.02 Å². The summed E-state index contributed by atoms with van der Waals surface area (Å²) in [6.07, 6.45) is -1.02. The first-order valence-electron chi connectivity index (χ1n) is 11.2. The third kappa shape index (κ3) is 7.61. The minimum absolute atomic E-state index is 0.0726. The fourth-order valence-electron chi connectivity index (χ4n) is 3.84. The van der Waals surface area contributed by atoms with Crippen LogP contribution in [0.15, 0.2) is 42.6 Å². The maximum absolute atomic E-state index is 13.7. The molecule has 0 bridgehead atoms. The van der Waals surface area contributed by atoms with Gasteiger partial charge in [-0.3, -0.25) is 4.79 Å². The van der Waals surface area contributed by atoms with Crippen molar-refractivity contribution in [2.24, 2.45) is 0 Å². The van der Waals surface area contributed by atoms with Gasteiger partial charge >= 0.3 is 6.18 Å². The highest BCUT2D eigenvalue weighted by Crippen LogP contribution is 2.38. The summed E-state index contributed by atoms with van der Waals surface area (Å²) < 4.78 is 41.2. The molecule has 37 heavy (non-hydrogen) atoms. The van der Waals surface area contributed by atoms with E-state index < -0.39 is 11.7 Å². The monoisotopic (exact) mass is 551 g/mol. The summed E-state index contributed by atoms with van der Waals surface area (Å²) in [5, 5.41) is 13.4. The van der Waals surface area contributed by atoms with Crippen LogP contribution in [0.3, 0.4) is 0 Å². The lowest BCUT2D eigenvalue weighted by atomic mass is 10.0. The average molecular weight is 552 g/mol. The third-order valence-electron chi connectivity index (χ3n) is 5.43.